The van der Waals surface area contributed by atoms with Crippen LogP contribution in [0.1, 0.15) is 11.1 Å². The monoisotopic (exact) mass is 320 g/mol. The molecule has 0 saturated carbocycles. The molecule has 1 N–H and O–H groups in total. The summed E-state index contributed by atoms with van der Waals surface area (Å²) in [6.45, 7) is 3.47. The first kappa shape index (κ1) is 15.2. The van der Waals surface area contributed by atoms with Crippen molar-refractivity contribution in [3.63, 3.8) is 0 Å². The third-order valence-corrected chi connectivity index (χ3v) is 2.84. The van der Waals surface area contributed by atoms with Crippen LogP contribution in [-0.2, 0) is 4.74 Å². The van der Waals surface area contributed by atoms with Gasteiger partial charge in [-0.05, 0) is 18.2 Å². The standard InChI is InChI=1S/C13H8ClF3O4/c1-2-6-3-8(14)4-7-5-9(20-12(18)19)11(13(15,16)17)21-10(6)7/h2-5,11H,1H2,(H,18,19). The number of rotatable bonds is 2. The van der Waals surface area contributed by atoms with Gasteiger partial charge in [-0.15, -0.1) is 0 Å². The molecule has 21 heavy (non-hydrogen) atoms. The van der Waals surface area contributed by atoms with Gasteiger partial charge in [0.15, 0.2) is 5.76 Å². The number of hydrogen-bond donors (Lipinski definition) is 1. The topological polar surface area (TPSA) is 55.8 Å². The van der Waals surface area contributed by atoms with Crippen LogP contribution in [0, 0.1) is 0 Å². The molecule has 1 aromatic rings. The minimum atomic E-state index is -4.84. The molecule has 0 saturated heterocycles. The summed E-state index contributed by atoms with van der Waals surface area (Å²) in [7, 11) is 0. The summed E-state index contributed by atoms with van der Waals surface area (Å²) in [5, 5.41) is 8.76. The van der Waals surface area contributed by atoms with Crippen molar-refractivity contribution in [2.75, 3.05) is 0 Å². The average molecular weight is 321 g/mol. The van der Waals surface area contributed by atoms with Gasteiger partial charge in [-0.1, -0.05) is 24.3 Å². The van der Waals surface area contributed by atoms with Gasteiger partial charge in [0.25, 0.3) is 6.10 Å². The van der Waals surface area contributed by atoms with Crippen LogP contribution in [0.5, 0.6) is 5.75 Å². The van der Waals surface area contributed by atoms with Crippen molar-refractivity contribution in [3.05, 3.63) is 40.6 Å². The largest absolute Gasteiger partial charge is 0.511 e. The van der Waals surface area contributed by atoms with Crippen LogP contribution in [0.25, 0.3) is 12.2 Å². The quantitative estimate of drug-likeness (QED) is 0.823. The van der Waals surface area contributed by atoms with Gasteiger partial charge in [-0.3, -0.25) is 0 Å². The third-order valence-electron chi connectivity index (χ3n) is 2.63. The molecule has 1 unspecified atom stereocenters. The molecule has 4 nitrogen and oxygen atoms in total. The lowest BCUT2D eigenvalue weighted by Gasteiger charge is -2.28. The van der Waals surface area contributed by atoms with E-state index in [1.807, 2.05) is 0 Å². The molecular formula is C13H8ClF3O4. The number of carbonyl (C=O) groups is 1. The van der Waals surface area contributed by atoms with Crippen LogP contribution in [-0.4, -0.2) is 23.5 Å². The van der Waals surface area contributed by atoms with Gasteiger partial charge in [0, 0.05) is 16.1 Å². The fourth-order valence-corrected chi connectivity index (χ4v) is 2.08. The van der Waals surface area contributed by atoms with Crippen LogP contribution in [0.4, 0.5) is 18.0 Å². The molecule has 0 fully saturated rings. The lowest BCUT2D eigenvalue weighted by atomic mass is 10.0. The van der Waals surface area contributed by atoms with Crippen molar-refractivity contribution in [3.8, 4) is 5.75 Å². The minimum Gasteiger partial charge on any atom is -0.472 e. The maximum atomic E-state index is 13.0. The summed E-state index contributed by atoms with van der Waals surface area (Å²) in [5.41, 5.74) is 0.437. The summed E-state index contributed by atoms with van der Waals surface area (Å²) < 4.78 is 47.9. The van der Waals surface area contributed by atoms with E-state index < -0.39 is 24.2 Å². The Balaban J connectivity index is 2.58. The first-order valence-corrected chi connectivity index (χ1v) is 5.92. The van der Waals surface area contributed by atoms with Gasteiger partial charge >= 0.3 is 12.3 Å². The van der Waals surface area contributed by atoms with Crippen LogP contribution in [0.3, 0.4) is 0 Å². The Bertz CT molecular complexity index is 637. The molecule has 112 valence electrons. The van der Waals surface area contributed by atoms with Gasteiger partial charge in [-0.2, -0.15) is 13.2 Å². The number of ether oxygens (including phenoxy) is 2. The number of carboxylic acid groups (broad SMARTS) is 1. The highest BCUT2D eigenvalue weighted by Gasteiger charge is 2.48. The van der Waals surface area contributed by atoms with E-state index >= 15 is 0 Å². The second-order valence-corrected chi connectivity index (χ2v) is 4.51. The molecule has 1 atom stereocenters. The number of alkyl halides is 3. The van der Waals surface area contributed by atoms with E-state index in [0.29, 0.717) is 0 Å². The van der Waals surface area contributed by atoms with E-state index in [1.54, 1.807) is 0 Å². The number of fused-ring (bicyclic) bond motifs is 1. The zero-order valence-corrected chi connectivity index (χ0v) is 11.0. The van der Waals surface area contributed by atoms with E-state index in [1.165, 1.54) is 18.2 Å². The van der Waals surface area contributed by atoms with E-state index in [0.717, 1.165) is 6.08 Å². The van der Waals surface area contributed by atoms with Gasteiger partial charge in [0.1, 0.15) is 5.75 Å². The van der Waals surface area contributed by atoms with Crippen LogP contribution >= 0.6 is 11.6 Å². The van der Waals surface area contributed by atoms with Crippen LogP contribution < -0.4 is 4.74 Å². The van der Waals surface area contributed by atoms with Crippen LogP contribution in [0.15, 0.2) is 24.5 Å². The highest BCUT2D eigenvalue weighted by atomic mass is 35.5. The van der Waals surface area contributed by atoms with Crippen LogP contribution in [0.2, 0.25) is 5.02 Å². The second kappa shape index (κ2) is 5.33. The number of hydrogen-bond acceptors (Lipinski definition) is 3. The number of benzene rings is 1. The summed E-state index contributed by atoms with van der Waals surface area (Å²) in [6, 6.07) is 2.72. The molecule has 1 aromatic carbocycles. The molecule has 1 aliphatic heterocycles. The predicted molar refractivity (Wildman–Crippen MR) is 69.1 cm³/mol. The molecule has 0 amide bonds. The fourth-order valence-electron chi connectivity index (χ4n) is 1.85. The average Bonchev–Trinajstić information content (AvgIpc) is 2.34. The molecule has 2 rings (SSSR count). The fraction of sp³-hybridized carbons (Fsp3) is 0.154. The van der Waals surface area contributed by atoms with Crippen molar-refractivity contribution in [1.29, 1.82) is 0 Å². The van der Waals surface area contributed by atoms with E-state index in [9.17, 15) is 18.0 Å². The Hall–Kier alpha value is -2.15. The van der Waals surface area contributed by atoms with Crippen molar-refractivity contribution in [2.24, 2.45) is 0 Å². The van der Waals surface area contributed by atoms with Crippen molar-refractivity contribution in [2.45, 2.75) is 12.3 Å². The van der Waals surface area contributed by atoms with E-state index in [4.69, 9.17) is 21.4 Å². The smallest absolute Gasteiger partial charge is 0.472 e. The summed E-state index contributed by atoms with van der Waals surface area (Å²) >= 11 is 5.83. The van der Waals surface area contributed by atoms with E-state index in [2.05, 4.69) is 11.3 Å². The Kier molecular flexibility index (Phi) is 3.87. The molecule has 0 aromatic heterocycles. The predicted octanol–water partition coefficient (Wildman–Crippen LogP) is 4.34. The highest BCUT2D eigenvalue weighted by molar-refractivity contribution is 6.31. The van der Waals surface area contributed by atoms with Crippen molar-refractivity contribution >= 4 is 29.9 Å². The molecule has 0 spiro atoms. The maximum Gasteiger partial charge on any atom is 0.511 e. The normalized spacial score (nSPS) is 17.3. The third kappa shape index (κ3) is 3.13. The molecule has 0 radical (unpaired) electrons. The maximum absolute atomic E-state index is 13.0. The number of halogens is 4. The Morgan fingerprint density at radius 1 is 1.48 bits per heavy atom. The molecule has 1 heterocycles. The van der Waals surface area contributed by atoms with Crippen molar-refractivity contribution in [1.82, 2.24) is 0 Å². The first-order valence-electron chi connectivity index (χ1n) is 5.54. The van der Waals surface area contributed by atoms with Gasteiger partial charge in [-0.25, -0.2) is 4.79 Å². The molecule has 8 heteroatoms. The SMILES string of the molecule is C=Cc1cc(Cl)cc2c1OC(C(F)(F)F)C(OC(=O)O)=C2. The molecule has 1 aliphatic rings. The summed E-state index contributed by atoms with van der Waals surface area (Å²) in [5.74, 6) is -0.964. The lowest BCUT2D eigenvalue weighted by Crippen LogP contribution is -2.39. The molecule has 0 aliphatic carbocycles. The molecular weight excluding hydrogens is 313 g/mol. The van der Waals surface area contributed by atoms with Gasteiger partial charge < -0.3 is 14.6 Å². The minimum absolute atomic E-state index is 0.0885. The highest BCUT2D eigenvalue weighted by Crippen LogP contribution is 2.41. The molecule has 0 bridgehead atoms. The van der Waals surface area contributed by atoms with Crippen molar-refractivity contribution < 1.29 is 32.5 Å². The zero-order chi connectivity index (χ0) is 15.8. The summed E-state index contributed by atoms with van der Waals surface area (Å²) in [4.78, 5) is 10.5. The van der Waals surface area contributed by atoms with Gasteiger partial charge in [0.05, 0.1) is 0 Å². The second-order valence-electron chi connectivity index (χ2n) is 4.07. The zero-order valence-electron chi connectivity index (χ0n) is 10.3. The van der Waals surface area contributed by atoms with Gasteiger partial charge in [0.2, 0.25) is 0 Å². The Morgan fingerprint density at radius 3 is 2.67 bits per heavy atom. The van der Waals surface area contributed by atoms with E-state index in [-0.39, 0.29) is 21.9 Å². The Morgan fingerprint density at radius 2 is 2.14 bits per heavy atom. The lowest BCUT2D eigenvalue weighted by molar-refractivity contribution is -0.191. The Labute approximate surface area is 122 Å². The summed E-state index contributed by atoms with van der Waals surface area (Å²) in [6.07, 6.45) is -7.00. The first-order chi connectivity index (χ1) is 9.72.